The van der Waals surface area contributed by atoms with Crippen LogP contribution in [0.4, 0.5) is 0 Å². The summed E-state index contributed by atoms with van der Waals surface area (Å²) in [6.45, 7) is 2.22. The van der Waals surface area contributed by atoms with Crippen molar-refractivity contribution in [2.24, 2.45) is 0 Å². The topological polar surface area (TPSA) is 27.0 Å². The average molecular weight is 140 g/mol. The summed E-state index contributed by atoms with van der Waals surface area (Å²) in [6, 6.07) is 2.29. The van der Waals surface area contributed by atoms with Gasteiger partial charge in [0, 0.05) is 13.1 Å². The highest BCUT2D eigenvalue weighted by atomic mass is 32.2. The molecule has 0 aliphatic carbocycles. The van der Waals surface area contributed by atoms with Gasteiger partial charge in [-0.3, -0.25) is 4.90 Å². The number of hydrogen-bond acceptors (Lipinski definition) is 3. The van der Waals surface area contributed by atoms with E-state index in [1.165, 1.54) is 13.0 Å². The third kappa shape index (κ3) is 0.742. The van der Waals surface area contributed by atoms with Crippen LogP contribution in [0.3, 0.4) is 0 Å². The van der Waals surface area contributed by atoms with Gasteiger partial charge in [0.2, 0.25) is 0 Å². The summed E-state index contributed by atoms with van der Waals surface area (Å²) < 4.78 is 0. The highest BCUT2D eigenvalue weighted by molar-refractivity contribution is 8.01. The number of thioether (sulfide) groups is 1. The maximum Gasteiger partial charge on any atom is 0.106 e. The van der Waals surface area contributed by atoms with Crippen molar-refractivity contribution in [2.75, 3.05) is 13.1 Å². The van der Waals surface area contributed by atoms with Gasteiger partial charge < -0.3 is 0 Å². The van der Waals surface area contributed by atoms with Crippen LogP contribution in [0.15, 0.2) is 0 Å². The molecule has 2 nitrogen and oxygen atoms in total. The van der Waals surface area contributed by atoms with Crippen LogP contribution < -0.4 is 0 Å². The van der Waals surface area contributed by atoms with Gasteiger partial charge in [-0.25, -0.2) is 0 Å². The number of nitriles is 1. The summed E-state index contributed by atoms with van der Waals surface area (Å²) in [7, 11) is 0. The van der Waals surface area contributed by atoms with E-state index in [0.29, 0.717) is 5.37 Å². The fraction of sp³-hybridized carbons (Fsp3) is 0.833. The number of nitrogens with zero attached hydrogens (tertiary/aromatic N) is 2. The predicted octanol–water partition coefficient (Wildman–Crippen LogP) is 0.657. The minimum Gasteiger partial charge on any atom is -0.289 e. The smallest absolute Gasteiger partial charge is 0.106 e. The Bertz CT molecular complexity index is 151. The van der Waals surface area contributed by atoms with Crippen molar-refractivity contribution in [2.45, 2.75) is 17.0 Å². The molecule has 2 rings (SSSR count). The van der Waals surface area contributed by atoms with Crippen LogP contribution >= 0.6 is 11.8 Å². The second-order valence-corrected chi connectivity index (χ2v) is 3.88. The molecule has 2 aliphatic rings. The molecule has 2 atom stereocenters. The maximum absolute atomic E-state index is 8.53. The fourth-order valence-corrected chi connectivity index (χ4v) is 2.62. The summed E-state index contributed by atoms with van der Waals surface area (Å²) >= 11 is 1.83. The molecular weight excluding hydrogens is 132 g/mol. The predicted molar refractivity (Wildman–Crippen MR) is 37.0 cm³/mol. The second kappa shape index (κ2) is 1.89. The van der Waals surface area contributed by atoms with E-state index in [4.69, 9.17) is 5.26 Å². The molecule has 0 N–H and O–H groups in total. The summed E-state index contributed by atoms with van der Waals surface area (Å²) in [4.78, 5) is 2.37. The molecule has 0 bridgehead atoms. The molecular formula is C6H8N2S. The lowest BCUT2D eigenvalue weighted by molar-refractivity contribution is 0.177. The Morgan fingerprint density at radius 3 is 2.89 bits per heavy atom. The molecule has 2 fully saturated rings. The molecule has 0 spiro atoms. The Morgan fingerprint density at radius 2 is 2.56 bits per heavy atom. The zero-order valence-electron chi connectivity index (χ0n) is 5.08. The van der Waals surface area contributed by atoms with E-state index in [-0.39, 0.29) is 5.25 Å². The van der Waals surface area contributed by atoms with Crippen molar-refractivity contribution in [3.63, 3.8) is 0 Å². The normalized spacial score (nSPS) is 41.2. The lowest BCUT2D eigenvalue weighted by Crippen LogP contribution is -2.41. The van der Waals surface area contributed by atoms with Crippen LogP contribution in [0, 0.1) is 11.3 Å². The molecule has 2 saturated heterocycles. The second-order valence-electron chi connectivity index (χ2n) is 2.49. The molecule has 3 heteroatoms. The molecule has 48 valence electrons. The first-order chi connectivity index (χ1) is 4.40. The largest absolute Gasteiger partial charge is 0.289 e. The quantitative estimate of drug-likeness (QED) is 0.494. The minimum atomic E-state index is 0.262. The summed E-state index contributed by atoms with van der Waals surface area (Å²) in [6.07, 6.45) is 1.29. The van der Waals surface area contributed by atoms with Gasteiger partial charge in [-0.1, -0.05) is 0 Å². The van der Waals surface area contributed by atoms with Crippen LogP contribution in [0.25, 0.3) is 0 Å². The van der Waals surface area contributed by atoms with E-state index < -0.39 is 0 Å². The number of fused-ring (bicyclic) bond motifs is 1. The Kier molecular flexibility index (Phi) is 1.17. The van der Waals surface area contributed by atoms with Gasteiger partial charge in [0.25, 0.3) is 0 Å². The Hall–Kier alpha value is -0.200. The van der Waals surface area contributed by atoms with E-state index in [2.05, 4.69) is 11.0 Å². The SMILES string of the molecule is N#CC1CN2CCC2S1. The van der Waals surface area contributed by atoms with E-state index in [1.807, 2.05) is 11.8 Å². The zero-order chi connectivity index (χ0) is 6.27. The van der Waals surface area contributed by atoms with Crippen LogP contribution in [-0.4, -0.2) is 28.6 Å². The molecule has 0 amide bonds. The van der Waals surface area contributed by atoms with Gasteiger partial charge >= 0.3 is 0 Å². The highest BCUT2D eigenvalue weighted by Crippen LogP contribution is 2.38. The van der Waals surface area contributed by atoms with Gasteiger partial charge in [0.15, 0.2) is 0 Å². The molecule has 2 heterocycles. The van der Waals surface area contributed by atoms with E-state index >= 15 is 0 Å². The molecule has 0 aromatic carbocycles. The van der Waals surface area contributed by atoms with Gasteiger partial charge in [0.05, 0.1) is 11.4 Å². The van der Waals surface area contributed by atoms with Gasteiger partial charge in [-0.2, -0.15) is 5.26 Å². The standard InChI is InChI=1S/C6H8N2S/c7-3-5-4-8-2-1-6(8)9-5/h5-6H,1-2,4H2. The van der Waals surface area contributed by atoms with Crippen molar-refractivity contribution in [1.29, 1.82) is 5.26 Å². The summed E-state index contributed by atoms with van der Waals surface area (Å²) in [5, 5.41) is 9.50. The van der Waals surface area contributed by atoms with Crippen LogP contribution in [0.2, 0.25) is 0 Å². The molecule has 0 radical (unpaired) electrons. The Labute approximate surface area is 58.8 Å². The highest BCUT2D eigenvalue weighted by Gasteiger charge is 2.38. The van der Waals surface area contributed by atoms with Gasteiger partial charge in [-0.05, 0) is 6.42 Å². The van der Waals surface area contributed by atoms with E-state index in [0.717, 1.165) is 6.54 Å². The van der Waals surface area contributed by atoms with E-state index in [9.17, 15) is 0 Å². The molecule has 0 aromatic rings. The molecule has 2 aliphatic heterocycles. The lowest BCUT2D eigenvalue weighted by atomic mass is 10.2. The van der Waals surface area contributed by atoms with Gasteiger partial charge in [0.1, 0.15) is 5.25 Å². The van der Waals surface area contributed by atoms with Crippen LogP contribution in [0.5, 0.6) is 0 Å². The Morgan fingerprint density at radius 1 is 1.67 bits per heavy atom. The summed E-state index contributed by atoms with van der Waals surface area (Å²) in [5.41, 5.74) is 0. The zero-order valence-corrected chi connectivity index (χ0v) is 5.90. The number of hydrogen-bond donors (Lipinski definition) is 0. The first kappa shape index (κ1) is 5.57. The third-order valence-electron chi connectivity index (χ3n) is 1.94. The van der Waals surface area contributed by atoms with Crippen molar-refractivity contribution >= 4 is 11.8 Å². The monoisotopic (exact) mass is 140 g/mol. The van der Waals surface area contributed by atoms with Crippen molar-refractivity contribution in [3.8, 4) is 6.07 Å². The van der Waals surface area contributed by atoms with E-state index in [1.54, 1.807) is 0 Å². The first-order valence-electron chi connectivity index (χ1n) is 3.19. The lowest BCUT2D eigenvalue weighted by Gasteiger charge is -2.32. The van der Waals surface area contributed by atoms with Crippen molar-refractivity contribution in [3.05, 3.63) is 0 Å². The van der Waals surface area contributed by atoms with Crippen molar-refractivity contribution < 1.29 is 0 Å². The Balaban J connectivity index is 2.01. The minimum absolute atomic E-state index is 0.262. The fourth-order valence-electron chi connectivity index (χ4n) is 1.30. The average Bonchev–Trinajstić information content (AvgIpc) is 2.10. The molecule has 0 aromatic heterocycles. The van der Waals surface area contributed by atoms with Crippen LogP contribution in [0.1, 0.15) is 6.42 Å². The first-order valence-corrected chi connectivity index (χ1v) is 4.13. The maximum atomic E-state index is 8.53. The molecule has 0 saturated carbocycles. The number of rotatable bonds is 0. The van der Waals surface area contributed by atoms with Gasteiger partial charge in [-0.15, -0.1) is 11.8 Å². The third-order valence-corrected chi connectivity index (χ3v) is 3.37. The molecule has 9 heavy (non-hydrogen) atoms. The van der Waals surface area contributed by atoms with Crippen molar-refractivity contribution in [1.82, 2.24) is 4.90 Å². The molecule has 2 unspecified atom stereocenters. The summed E-state index contributed by atoms with van der Waals surface area (Å²) in [5.74, 6) is 0. The van der Waals surface area contributed by atoms with Crippen LogP contribution in [-0.2, 0) is 0 Å².